The molecule has 1 unspecified atom stereocenters. The lowest BCUT2D eigenvalue weighted by molar-refractivity contribution is 0.606. The fourth-order valence-corrected chi connectivity index (χ4v) is 1.76. The molecule has 14 heavy (non-hydrogen) atoms. The fourth-order valence-electron chi connectivity index (χ4n) is 1.57. The third kappa shape index (κ3) is 1.51. The van der Waals surface area contributed by atoms with E-state index in [2.05, 4.69) is 6.92 Å². The monoisotopic (exact) mass is 209 g/mol. The first-order valence-corrected chi connectivity index (χ1v) is 4.98. The zero-order valence-corrected chi connectivity index (χ0v) is 8.71. The smallest absolute Gasteiger partial charge is 0.194 e. The van der Waals surface area contributed by atoms with Gasteiger partial charge in [0.25, 0.3) is 0 Å². The Hall–Kier alpha value is -0.990. The summed E-state index contributed by atoms with van der Waals surface area (Å²) in [6, 6.07) is 7.83. The second-order valence-electron chi connectivity index (χ2n) is 3.45. The Morgan fingerprint density at radius 1 is 1.50 bits per heavy atom. The van der Waals surface area contributed by atoms with Crippen molar-refractivity contribution in [1.82, 2.24) is 0 Å². The van der Waals surface area contributed by atoms with Crippen LogP contribution in [0.1, 0.15) is 18.4 Å². The van der Waals surface area contributed by atoms with E-state index in [0.29, 0.717) is 17.7 Å². The second kappa shape index (κ2) is 3.64. The van der Waals surface area contributed by atoms with Crippen LogP contribution < -0.4 is 5.73 Å². The number of furan rings is 1. The first kappa shape index (κ1) is 9.56. The standard InChI is InChI=1S/C11H12ClNO/c1-7(6-13)9-4-2-3-8-5-10(12)14-11(8)9/h2-5,7H,6,13H2,1H3. The van der Waals surface area contributed by atoms with Gasteiger partial charge in [0.1, 0.15) is 5.58 Å². The molecular formula is C11H12ClNO. The molecule has 1 heterocycles. The number of hydrogen-bond donors (Lipinski definition) is 1. The molecule has 0 aliphatic heterocycles. The summed E-state index contributed by atoms with van der Waals surface area (Å²) in [5, 5.41) is 1.46. The molecule has 0 radical (unpaired) electrons. The van der Waals surface area contributed by atoms with Crippen molar-refractivity contribution in [2.24, 2.45) is 5.73 Å². The fraction of sp³-hybridized carbons (Fsp3) is 0.273. The highest BCUT2D eigenvalue weighted by Crippen LogP contribution is 2.29. The molecule has 1 aromatic carbocycles. The molecule has 2 N–H and O–H groups in total. The van der Waals surface area contributed by atoms with Crippen molar-refractivity contribution < 1.29 is 4.42 Å². The quantitative estimate of drug-likeness (QED) is 0.826. The van der Waals surface area contributed by atoms with E-state index < -0.39 is 0 Å². The van der Waals surface area contributed by atoms with Crippen LogP contribution in [0.4, 0.5) is 0 Å². The Morgan fingerprint density at radius 2 is 2.29 bits per heavy atom. The van der Waals surface area contributed by atoms with Gasteiger partial charge in [0.15, 0.2) is 5.22 Å². The number of fused-ring (bicyclic) bond motifs is 1. The van der Waals surface area contributed by atoms with Gasteiger partial charge in [-0.05, 0) is 29.6 Å². The maximum atomic E-state index is 5.81. The van der Waals surface area contributed by atoms with Crippen molar-refractivity contribution in [2.75, 3.05) is 6.54 Å². The van der Waals surface area contributed by atoms with Crippen LogP contribution in [0.5, 0.6) is 0 Å². The molecule has 2 rings (SSSR count). The van der Waals surface area contributed by atoms with Crippen LogP contribution in [-0.2, 0) is 0 Å². The Labute approximate surface area is 87.6 Å². The zero-order valence-electron chi connectivity index (χ0n) is 7.96. The molecular weight excluding hydrogens is 198 g/mol. The van der Waals surface area contributed by atoms with E-state index in [1.54, 1.807) is 0 Å². The summed E-state index contributed by atoms with van der Waals surface area (Å²) in [5.74, 6) is 0.293. The average Bonchev–Trinajstić information content (AvgIpc) is 2.56. The Bertz CT molecular complexity index is 449. The van der Waals surface area contributed by atoms with Crippen LogP contribution in [0.3, 0.4) is 0 Å². The number of rotatable bonds is 2. The van der Waals surface area contributed by atoms with E-state index in [1.165, 1.54) is 0 Å². The van der Waals surface area contributed by atoms with Crippen LogP contribution in [0.15, 0.2) is 28.7 Å². The molecule has 2 aromatic rings. The number of para-hydroxylation sites is 1. The van der Waals surface area contributed by atoms with Crippen LogP contribution in [-0.4, -0.2) is 6.54 Å². The van der Waals surface area contributed by atoms with E-state index in [-0.39, 0.29) is 0 Å². The summed E-state index contributed by atoms with van der Waals surface area (Å²) in [5.41, 5.74) is 7.61. The number of benzene rings is 1. The topological polar surface area (TPSA) is 39.2 Å². The largest absolute Gasteiger partial charge is 0.444 e. The molecule has 0 spiro atoms. The molecule has 0 saturated carbocycles. The lowest BCUT2D eigenvalue weighted by Crippen LogP contribution is -2.08. The third-order valence-corrected chi connectivity index (χ3v) is 2.62. The lowest BCUT2D eigenvalue weighted by Gasteiger charge is -2.08. The van der Waals surface area contributed by atoms with E-state index in [1.807, 2.05) is 24.3 Å². The van der Waals surface area contributed by atoms with Gasteiger partial charge >= 0.3 is 0 Å². The molecule has 0 saturated heterocycles. The molecule has 0 amide bonds. The van der Waals surface area contributed by atoms with Gasteiger partial charge in [0.2, 0.25) is 0 Å². The maximum Gasteiger partial charge on any atom is 0.194 e. The Morgan fingerprint density at radius 3 is 3.00 bits per heavy atom. The summed E-state index contributed by atoms with van der Waals surface area (Å²) in [7, 11) is 0. The minimum absolute atomic E-state index is 0.293. The number of halogens is 1. The van der Waals surface area contributed by atoms with Gasteiger partial charge in [-0.15, -0.1) is 0 Å². The predicted octanol–water partition coefficient (Wildman–Crippen LogP) is 3.15. The van der Waals surface area contributed by atoms with Gasteiger partial charge in [-0.2, -0.15) is 0 Å². The number of hydrogen-bond acceptors (Lipinski definition) is 2. The van der Waals surface area contributed by atoms with E-state index in [4.69, 9.17) is 21.8 Å². The SMILES string of the molecule is CC(CN)c1cccc2cc(Cl)oc12. The van der Waals surface area contributed by atoms with Gasteiger partial charge in [-0.1, -0.05) is 25.1 Å². The summed E-state index contributed by atoms with van der Waals surface area (Å²) in [4.78, 5) is 0. The predicted molar refractivity (Wildman–Crippen MR) is 58.7 cm³/mol. The van der Waals surface area contributed by atoms with Crippen molar-refractivity contribution in [2.45, 2.75) is 12.8 Å². The third-order valence-electron chi connectivity index (χ3n) is 2.43. The zero-order chi connectivity index (χ0) is 10.1. The summed E-state index contributed by atoms with van der Waals surface area (Å²) >= 11 is 5.81. The molecule has 74 valence electrons. The highest BCUT2D eigenvalue weighted by atomic mass is 35.5. The molecule has 1 aromatic heterocycles. The summed E-state index contributed by atoms with van der Waals surface area (Å²) in [6.45, 7) is 2.68. The molecule has 1 atom stereocenters. The molecule has 0 aliphatic rings. The van der Waals surface area contributed by atoms with Gasteiger partial charge < -0.3 is 10.2 Å². The summed E-state index contributed by atoms with van der Waals surface area (Å²) in [6.07, 6.45) is 0. The van der Waals surface area contributed by atoms with Gasteiger partial charge in [-0.3, -0.25) is 0 Å². The van der Waals surface area contributed by atoms with Crippen molar-refractivity contribution in [3.05, 3.63) is 35.0 Å². The molecule has 0 fully saturated rings. The summed E-state index contributed by atoms with van der Waals surface area (Å²) < 4.78 is 5.43. The number of nitrogens with two attached hydrogens (primary N) is 1. The Kier molecular flexibility index (Phi) is 2.48. The highest BCUT2D eigenvalue weighted by molar-refractivity contribution is 6.29. The van der Waals surface area contributed by atoms with Gasteiger partial charge in [0.05, 0.1) is 0 Å². The minimum atomic E-state index is 0.293. The molecule has 3 heteroatoms. The van der Waals surface area contributed by atoms with Crippen LogP contribution in [0, 0.1) is 0 Å². The second-order valence-corrected chi connectivity index (χ2v) is 3.83. The van der Waals surface area contributed by atoms with E-state index in [9.17, 15) is 0 Å². The minimum Gasteiger partial charge on any atom is -0.444 e. The van der Waals surface area contributed by atoms with Crippen LogP contribution in [0.2, 0.25) is 5.22 Å². The first-order chi connectivity index (χ1) is 6.72. The highest BCUT2D eigenvalue weighted by Gasteiger charge is 2.11. The lowest BCUT2D eigenvalue weighted by atomic mass is 10.00. The van der Waals surface area contributed by atoms with E-state index >= 15 is 0 Å². The normalized spacial score (nSPS) is 13.4. The van der Waals surface area contributed by atoms with Crippen molar-refractivity contribution >= 4 is 22.6 Å². The Balaban J connectivity index is 2.64. The van der Waals surface area contributed by atoms with Gasteiger partial charge in [0, 0.05) is 11.5 Å². The molecule has 0 bridgehead atoms. The van der Waals surface area contributed by atoms with Crippen molar-refractivity contribution in [1.29, 1.82) is 0 Å². The van der Waals surface area contributed by atoms with Crippen LogP contribution >= 0.6 is 11.6 Å². The van der Waals surface area contributed by atoms with Crippen LogP contribution in [0.25, 0.3) is 11.0 Å². The molecule has 0 aliphatic carbocycles. The van der Waals surface area contributed by atoms with Crippen molar-refractivity contribution in [3.8, 4) is 0 Å². The van der Waals surface area contributed by atoms with Crippen molar-refractivity contribution in [3.63, 3.8) is 0 Å². The average molecular weight is 210 g/mol. The molecule has 2 nitrogen and oxygen atoms in total. The van der Waals surface area contributed by atoms with E-state index in [0.717, 1.165) is 16.5 Å². The maximum absolute atomic E-state index is 5.81. The first-order valence-electron chi connectivity index (χ1n) is 4.60. The van der Waals surface area contributed by atoms with Gasteiger partial charge in [-0.25, -0.2) is 0 Å².